The lowest BCUT2D eigenvalue weighted by Gasteiger charge is -2.31. The van der Waals surface area contributed by atoms with Crippen molar-refractivity contribution in [3.05, 3.63) is 52.6 Å². The molecule has 10 heteroatoms. The van der Waals surface area contributed by atoms with E-state index in [4.69, 9.17) is 0 Å². The molecule has 180 valence electrons. The fraction of sp³-hybridized carbons (Fsp3) is 0.458. The number of nitrogens with one attached hydrogen (secondary N) is 2. The van der Waals surface area contributed by atoms with Crippen LogP contribution in [0.2, 0.25) is 0 Å². The van der Waals surface area contributed by atoms with Crippen LogP contribution in [-0.4, -0.2) is 64.0 Å². The van der Waals surface area contributed by atoms with Crippen LogP contribution in [0.15, 0.2) is 41.4 Å². The second kappa shape index (κ2) is 11.6. The second-order valence-electron chi connectivity index (χ2n) is 8.41. The smallest absolute Gasteiger partial charge is 0.271 e. The number of aromatic nitrogens is 2. The molecule has 0 saturated carbocycles. The fourth-order valence-corrected chi connectivity index (χ4v) is 5.89. The number of thiazole rings is 1. The van der Waals surface area contributed by atoms with Crippen molar-refractivity contribution in [2.45, 2.75) is 49.1 Å². The van der Waals surface area contributed by atoms with Crippen molar-refractivity contribution in [2.75, 3.05) is 25.4 Å². The number of pyridine rings is 1. The number of carbonyl (C=O) groups is 3. The van der Waals surface area contributed by atoms with Gasteiger partial charge in [-0.05, 0) is 44.2 Å². The monoisotopic (exact) mass is 499 g/mol. The van der Waals surface area contributed by atoms with Gasteiger partial charge in [0.15, 0.2) is 0 Å². The van der Waals surface area contributed by atoms with Gasteiger partial charge in [-0.3, -0.25) is 14.4 Å². The lowest BCUT2D eigenvalue weighted by atomic mass is 9.97. The Balaban J connectivity index is 1.33. The molecule has 2 aromatic heterocycles. The molecule has 0 spiro atoms. The van der Waals surface area contributed by atoms with Gasteiger partial charge in [0, 0.05) is 42.9 Å². The number of likely N-dealkylation sites (tertiary alicyclic amines) is 1. The molecule has 1 unspecified atom stereocenters. The topological polar surface area (TPSA) is 104 Å². The van der Waals surface area contributed by atoms with Crippen molar-refractivity contribution in [3.8, 4) is 0 Å². The van der Waals surface area contributed by atoms with Crippen LogP contribution in [0.5, 0.6) is 0 Å². The van der Waals surface area contributed by atoms with Crippen molar-refractivity contribution in [1.29, 1.82) is 0 Å². The van der Waals surface area contributed by atoms with E-state index in [9.17, 15) is 14.4 Å². The average molecular weight is 500 g/mol. The predicted molar refractivity (Wildman–Crippen MR) is 133 cm³/mol. The van der Waals surface area contributed by atoms with Crippen LogP contribution in [0.1, 0.15) is 63.9 Å². The Bertz CT molecular complexity index is 1050. The number of nitrogens with zero attached hydrogens (tertiary/aromatic N) is 3. The molecule has 4 rings (SSSR count). The molecule has 3 amide bonds. The number of carbonyl (C=O) groups excluding carboxylic acids is 3. The van der Waals surface area contributed by atoms with E-state index in [0.29, 0.717) is 43.1 Å². The molecule has 8 nitrogen and oxygen atoms in total. The van der Waals surface area contributed by atoms with E-state index in [-0.39, 0.29) is 23.6 Å². The van der Waals surface area contributed by atoms with Crippen LogP contribution >= 0.6 is 23.1 Å². The Hall–Kier alpha value is -2.72. The van der Waals surface area contributed by atoms with Crippen LogP contribution < -0.4 is 10.6 Å². The first-order chi connectivity index (χ1) is 16.6. The van der Waals surface area contributed by atoms with Gasteiger partial charge in [-0.1, -0.05) is 6.08 Å². The first kappa shape index (κ1) is 24.4. The third-order valence-corrected chi connectivity index (χ3v) is 8.07. The summed E-state index contributed by atoms with van der Waals surface area (Å²) in [4.78, 5) is 48.7. The summed E-state index contributed by atoms with van der Waals surface area (Å²) < 4.78 is 0. The fourth-order valence-electron chi connectivity index (χ4n) is 4.19. The van der Waals surface area contributed by atoms with Crippen LogP contribution in [0, 0.1) is 0 Å². The zero-order valence-corrected chi connectivity index (χ0v) is 20.6. The molecule has 34 heavy (non-hydrogen) atoms. The highest BCUT2D eigenvalue weighted by Crippen LogP contribution is 2.31. The molecule has 0 radical (unpaired) electrons. The SMILES string of the molecule is C=CCSc1ncccc1C(=O)N1CCC(c2nc(C(=O)NC3CCCCNC3=O)cs2)CC1. The molecule has 2 aliphatic rings. The normalized spacial score (nSPS) is 19.2. The summed E-state index contributed by atoms with van der Waals surface area (Å²) in [6, 6.07) is 3.11. The van der Waals surface area contributed by atoms with Gasteiger partial charge in [0.1, 0.15) is 16.8 Å². The quantitative estimate of drug-likeness (QED) is 0.448. The van der Waals surface area contributed by atoms with Crippen LogP contribution in [-0.2, 0) is 4.79 Å². The second-order valence-corrected chi connectivity index (χ2v) is 10.3. The molecule has 0 bridgehead atoms. The maximum absolute atomic E-state index is 13.1. The third-order valence-electron chi connectivity index (χ3n) is 6.07. The van der Waals surface area contributed by atoms with Gasteiger partial charge in [-0.2, -0.15) is 0 Å². The Labute approximate surface area is 207 Å². The third kappa shape index (κ3) is 5.85. The maximum Gasteiger partial charge on any atom is 0.271 e. The summed E-state index contributed by atoms with van der Waals surface area (Å²) in [6.45, 7) is 5.65. The highest BCUT2D eigenvalue weighted by molar-refractivity contribution is 7.99. The van der Waals surface area contributed by atoms with Crippen LogP contribution in [0.3, 0.4) is 0 Å². The highest BCUT2D eigenvalue weighted by atomic mass is 32.2. The molecule has 1 atom stereocenters. The minimum atomic E-state index is -0.503. The minimum absolute atomic E-state index is 0.000931. The number of piperidine rings is 1. The molecule has 0 aliphatic carbocycles. The van der Waals surface area contributed by atoms with Gasteiger partial charge in [-0.25, -0.2) is 9.97 Å². The van der Waals surface area contributed by atoms with Gasteiger partial charge >= 0.3 is 0 Å². The van der Waals surface area contributed by atoms with E-state index >= 15 is 0 Å². The van der Waals surface area contributed by atoms with Crippen LogP contribution in [0.25, 0.3) is 0 Å². The van der Waals surface area contributed by atoms with Gasteiger partial charge in [0.05, 0.1) is 10.6 Å². The van der Waals surface area contributed by atoms with Crippen molar-refractivity contribution in [2.24, 2.45) is 0 Å². The van der Waals surface area contributed by atoms with E-state index < -0.39 is 6.04 Å². The number of hydrogen-bond acceptors (Lipinski definition) is 7. The van der Waals surface area contributed by atoms with E-state index in [0.717, 1.165) is 35.7 Å². The minimum Gasteiger partial charge on any atom is -0.354 e. The Morgan fingerprint density at radius 1 is 1.29 bits per heavy atom. The summed E-state index contributed by atoms with van der Waals surface area (Å²) in [5.74, 6) is 0.473. The zero-order valence-electron chi connectivity index (χ0n) is 19.0. The first-order valence-corrected chi connectivity index (χ1v) is 13.5. The van der Waals surface area contributed by atoms with E-state index in [1.165, 1.54) is 23.1 Å². The number of hydrogen-bond donors (Lipinski definition) is 2. The maximum atomic E-state index is 13.1. The van der Waals surface area contributed by atoms with Crippen molar-refractivity contribution in [3.63, 3.8) is 0 Å². The Morgan fingerprint density at radius 3 is 2.91 bits per heavy atom. The van der Waals surface area contributed by atoms with Crippen LogP contribution in [0.4, 0.5) is 0 Å². The number of thioether (sulfide) groups is 1. The van der Waals surface area contributed by atoms with Gasteiger partial charge in [0.2, 0.25) is 5.91 Å². The highest BCUT2D eigenvalue weighted by Gasteiger charge is 2.29. The summed E-state index contributed by atoms with van der Waals surface area (Å²) >= 11 is 2.98. The largest absolute Gasteiger partial charge is 0.354 e. The van der Waals surface area contributed by atoms with Gasteiger partial charge < -0.3 is 15.5 Å². The Kier molecular flexibility index (Phi) is 8.34. The molecule has 2 aromatic rings. The summed E-state index contributed by atoms with van der Waals surface area (Å²) in [7, 11) is 0. The zero-order chi connectivity index (χ0) is 23.9. The Morgan fingerprint density at radius 2 is 2.12 bits per heavy atom. The lowest BCUT2D eigenvalue weighted by Crippen LogP contribution is -2.45. The van der Waals surface area contributed by atoms with Crippen molar-refractivity contribution >= 4 is 40.8 Å². The molecular formula is C24H29N5O3S2. The molecule has 0 aromatic carbocycles. The van der Waals surface area contributed by atoms with Gasteiger partial charge in [0.25, 0.3) is 11.8 Å². The molecular weight excluding hydrogens is 470 g/mol. The average Bonchev–Trinajstić information content (AvgIpc) is 3.28. The van der Waals surface area contributed by atoms with Crippen molar-refractivity contribution in [1.82, 2.24) is 25.5 Å². The standard InChI is InChI=1S/C24H29N5O3S2/c1-2-14-33-23-17(6-5-11-26-23)24(32)29-12-8-16(9-13-29)22-28-19(15-34-22)21(31)27-18-7-3-4-10-25-20(18)30/h2,5-6,11,15-16,18H,1,3-4,7-10,12-14H2,(H,25,30)(H,27,31). The van der Waals surface area contributed by atoms with E-state index in [1.54, 1.807) is 23.7 Å². The summed E-state index contributed by atoms with van der Waals surface area (Å²) in [5.41, 5.74) is 0.985. The first-order valence-electron chi connectivity index (χ1n) is 11.6. The lowest BCUT2D eigenvalue weighted by molar-refractivity contribution is -0.122. The summed E-state index contributed by atoms with van der Waals surface area (Å²) in [5, 5.41) is 9.06. The van der Waals surface area contributed by atoms with Crippen molar-refractivity contribution < 1.29 is 14.4 Å². The predicted octanol–water partition coefficient (Wildman–Crippen LogP) is 3.23. The molecule has 2 N–H and O–H groups in total. The molecule has 2 aliphatic heterocycles. The van der Waals surface area contributed by atoms with Gasteiger partial charge in [-0.15, -0.1) is 29.7 Å². The van der Waals surface area contributed by atoms with E-state index in [2.05, 4.69) is 27.2 Å². The molecule has 4 heterocycles. The molecule has 2 fully saturated rings. The summed E-state index contributed by atoms with van der Waals surface area (Å²) in [6.07, 6.45) is 7.56. The number of amides is 3. The molecule has 2 saturated heterocycles. The van der Waals surface area contributed by atoms with E-state index in [1.807, 2.05) is 11.0 Å². The number of rotatable bonds is 7.